The molecule has 0 aromatic heterocycles. The molecule has 2 aliphatic heterocycles. The zero-order chi connectivity index (χ0) is 16.2. The van der Waals surface area contributed by atoms with E-state index in [0.717, 1.165) is 12.0 Å². The fourth-order valence-electron chi connectivity index (χ4n) is 2.85. The first-order valence-electron chi connectivity index (χ1n) is 7.61. The molecule has 1 aromatic rings. The van der Waals surface area contributed by atoms with E-state index in [9.17, 15) is 9.90 Å². The maximum absolute atomic E-state index is 11.7. The lowest BCUT2D eigenvalue weighted by atomic mass is 9.99. The van der Waals surface area contributed by atoms with Crippen LogP contribution in [0.5, 0.6) is 0 Å². The number of amides is 1. The van der Waals surface area contributed by atoms with E-state index < -0.39 is 0 Å². The zero-order valence-corrected chi connectivity index (χ0v) is 13.1. The molecule has 0 spiro atoms. The number of aliphatic hydroxyl groups is 1. The van der Waals surface area contributed by atoms with Gasteiger partial charge in [-0.05, 0) is 23.6 Å². The number of carbonyl (C=O) groups excluding carboxylic acids is 1. The summed E-state index contributed by atoms with van der Waals surface area (Å²) in [6.07, 6.45) is 4.72. The van der Waals surface area contributed by atoms with Crippen LogP contribution in [0.25, 0.3) is 0 Å². The van der Waals surface area contributed by atoms with Gasteiger partial charge in [0.05, 0.1) is 18.7 Å². The molecule has 1 amide bonds. The molecule has 2 N–H and O–H groups in total. The van der Waals surface area contributed by atoms with Crippen molar-refractivity contribution in [2.24, 2.45) is 0 Å². The normalized spacial score (nSPS) is 17.4. The number of methoxy groups -OCH3 is 1. The number of fused-ring (bicyclic) bond motifs is 1. The Kier molecular flexibility index (Phi) is 4.48. The average molecular weight is 312 g/mol. The summed E-state index contributed by atoms with van der Waals surface area (Å²) in [6, 6.07) is 10.1. The SMILES string of the molecule is COCCN1C=C(Cc2ccccc2)C=C2NC(=O)CC(O)=C21. The molecule has 0 atom stereocenters. The van der Waals surface area contributed by atoms with Crippen LogP contribution < -0.4 is 5.32 Å². The summed E-state index contributed by atoms with van der Waals surface area (Å²) in [5, 5.41) is 13.0. The van der Waals surface area contributed by atoms with Crippen molar-refractivity contribution >= 4 is 5.91 Å². The highest BCUT2D eigenvalue weighted by molar-refractivity contribution is 5.83. The number of nitrogens with one attached hydrogen (secondary N) is 1. The van der Waals surface area contributed by atoms with Gasteiger partial charge in [-0.3, -0.25) is 4.79 Å². The van der Waals surface area contributed by atoms with Crippen molar-refractivity contribution < 1.29 is 14.6 Å². The van der Waals surface area contributed by atoms with Gasteiger partial charge in [0.25, 0.3) is 0 Å². The Labute approximate surface area is 135 Å². The van der Waals surface area contributed by atoms with E-state index in [-0.39, 0.29) is 18.1 Å². The summed E-state index contributed by atoms with van der Waals surface area (Å²) in [7, 11) is 1.65. The number of nitrogens with zero attached hydrogens (tertiary/aromatic N) is 1. The third kappa shape index (κ3) is 3.46. The Morgan fingerprint density at radius 3 is 2.83 bits per heavy atom. The third-order valence-electron chi connectivity index (χ3n) is 3.86. The van der Waals surface area contributed by atoms with E-state index in [2.05, 4.69) is 17.4 Å². The number of allylic oxidation sites excluding steroid dienone is 2. The molecular weight excluding hydrogens is 292 g/mol. The van der Waals surface area contributed by atoms with Gasteiger partial charge in [-0.1, -0.05) is 30.3 Å². The second-order valence-corrected chi connectivity index (χ2v) is 5.63. The molecular formula is C18H20N2O3. The van der Waals surface area contributed by atoms with Crippen LogP contribution in [0.3, 0.4) is 0 Å². The molecule has 0 unspecified atom stereocenters. The van der Waals surface area contributed by atoms with Crippen molar-refractivity contribution in [3.63, 3.8) is 0 Å². The lowest BCUT2D eigenvalue weighted by Gasteiger charge is -2.33. The summed E-state index contributed by atoms with van der Waals surface area (Å²) in [4.78, 5) is 13.7. The number of aliphatic hydroxyl groups excluding tert-OH is 1. The molecule has 23 heavy (non-hydrogen) atoms. The van der Waals surface area contributed by atoms with E-state index in [1.165, 1.54) is 5.56 Å². The first-order valence-corrected chi connectivity index (χ1v) is 7.61. The number of benzene rings is 1. The summed E-state index contributed by atoms with van der Waals surface area (Å²) in [6.45, 7) is 1.15. The fraction of sp³-hybridized carbons (Fsp3) is 0.278. The van der Waals surface area contributed by atoms with Gasteiger partial charge in [-0.15, -0.1) is 0 Å². The third-order valence-corrected chi connectivity index (χ3v) is 3.86. The van der Waals surface area contributed by atoms with Crippen molar-refractivity contribution in [2.75, 3.05) is 20.3 Å². The Hall–Kier alpha value is -2.53. The molecule has 2 aliphatic rings. The molecule has 0 radical (unpaired) electrons. The minimum absolute atomic E-state index is 0.0119. The average Bonchev–Trinajstić information content (AvgIpc) is 2.52. The molecule has 120 valence electrons. The highest BCUT2D eigenvalue weighted by Crippen LogP contribution is 2.29. The highest BCUT2D eigenvalue weighted by atomic mass is 16.5. The predicted octanol–water partition coefficient (Wildman–Crippen LogP) is 2.25. The van der Waals surface area contributed by atoms with Crippen LogP contribution in [0.1, 0.15) is 12.0 Å². The summed E-state index contributed by atoms with van der Waals surface area (Å²) in [5.74, 6) is -0.0868. The van der Waals surface area contributed by atoms with Gasteiger partial charge in [-0.2, -0.15) is 0 Å². The van der Waals surface area contributed by atoms with Gasteiger partial charge < -0.3 is 20.1 Å². The minimum Gasteiger partial charge on any atom is -0.510 e. The fourth-order valence-corrected chi connectivity index (χ4v) is 2.85. The molecule has 3 rings (SSSR count). The first-order chi connectivity index (χ1) is 11.2. The molecule has 2 heterocycles. The summed E-state index contributed by atoms with van der Waals surface area (Å²) < 4.78 is 5.15. The molecule has 0 saturated heterocycles. The van der Waals surface area contributed by atoms with E-state index in [4.69, 9.17) is 4.74 Å². The van der Waals surface area contributed by atoms with Crippen molar-refractivity contribution in [1.29, 1.82) is 0 Å². The number of hydrogen-bond donors (Lipinski definition) is 2. The Morgan fingerprint density at radius 2 is 2.09 bits per heavy atom. The number of hydrogen-bond acceptors (Lipinski definition) is 4. The van der Waals surface area contributed by atoms with Crippen LogP contribution >= 0.6 is 0 Å². The number of carbonyl (C=O) groups is 1. The maximum atomic E-state index is 11.7. The smallest absolute Gasteiger partial charge is 0.232 e. The van der Waals surface area contributed by atoms with Crippen LogP contribution in [0.15, 0.2) is 65.3 Å². The van der Waals surface area contributed by atoms with Crippen LogP contribution in [-0.2, 0) is 16.0 Å². The van der Waals surface area contributed by atoms with Gasteiger partial charge in [-0.25, -0.2) is 0 Å². The minimum atomic E-state index is -0.190. The summed E-state index contributed by atoms with van der Waals surface area (Å²) >= 11 is 0. The Bertz CT molecular complexity index is 689. The Morgan fingerprint density at radius 1 is 1.30 bits per heavy atom. The van der Waals surface area contributed by atoms with E-state index in [0.29, 0.717) is 24.5 Å². The highest BCUT2D eigenvalue weighted by Gasteiger charge is 2.28. The monoisotopic (exact) mass is 312 g/mol. The topological polar surface area (TPSA) is 61.8 Å². The van der Waals surface area contributed by atoms with Gasteiger partial charge in [0.15, 0.2) is 0 Å². The summed E-state index contributed by atoms with van der Waals surface area (Å²) in [5.41, 5.74) is 3.59. The molecule has 5 nitrogen and oxygen atoms in total. The van der Waals surface area contributed by atoms with Crippen LogP contribution in [0.4, 0.5) is 0 Å². The molecule has 0 fully saturated rings. The second-order valence-electron chi connectivity index (χ2n) is 5.63. The Balaban J connectivity index is 1.91. The van der Waals surface area contributed by atoms with Crippen LogP contribution in [0.2, 0.25) is 0 Å². The lowest BCUT2D eigenvalue weighted by Crippen LogP contribution is -2.38. The van der Waals surface area contributed by atoms with Crippen molar-refractivity contribution in [2.45, 2.75) is 12.8 Å². The van der Waals surface area contributed by atoms with E-state index in [1.54, 1.807) is 7.11 Å². The second kappa shape index (κ2) is 6.71. The molecule has 1 aromatic carbocycles. The van der Waals surface area contributed by atoms with Crippen LogP contribution in [0, 0.1) is 0 Å². The quantitative estimate of drug-likeness (QED) is 0.875. The predicted molar refractivity (Wildman–Crippen MR) is 87.3 cm³/mol. The van der Waals surface area contributed by atoms with Crippen molar-refractivity contribution in [3.05, 3.63) is 70.9 Å². The molecule has 0 saturated carbocycles. The van der Waals surface area contributed by atoms with E-state index in [1.807, 2.05) is 35.4 Å². The lowest BCUT2D eigenvalue weighted by molar-refractivity contribution is -0.120. The largest absolute Gasteiger partial charge is 0.510 e. The number of ether oxygens (including phenoxy) is 1. The molecule has 0 bridgehead atoms. The molecule has 5 heteroatoms. The number of rotatable bonds is 5. The van der Waals surface area contributed by atoms with Crippen molar-refractivity contribution in [3.8, 4) is 0 Å². The zero-order valence-electron chi connectivity index (χ0n) is 13.1. The standard InChI is InChI=1S/C18H20N2O3/c1-23-8-7-20-12-14(9-13-5-3-2-4-6-13)10-15-18(20)16(21)11-17(22)19-15/h2-6,10,12,21H,7-9,11H2,1H3,(H,19,22). The van der Waals surface area contributed by atoms with Crippen molar-refractivity contribution in [1.82, 2.24) is 10.2 Å². The van der Waals surface area contributed by atoms with Gasteiger partial charge >= 0.3 is 0 Å². The van der Waals surface area contributed by atoms with Gasteiger partial charge in [0.1, 0.15) is 11.5 Å². The van der Waals surface area contributed by atoms with E-state index >= 15 is 0 Å². The maximum Gasteiger partial charge on any atom is 0.232 e. The van der Waals surface area contributed by atoms with Gasteiger partial charge in [0, 0.05) is 19.9 Å². The molecule has 0 aliphatic carbocycles. The first kappa shape index (κ1) is 15.4. The van der Waals surface area contributed by atoms with Crippen LogP contribution in [-0.4, -0.2) is 36.2 Å². The van der Waals surface area contributed by atoms with Gasteiger partial charge in [0.2, 0.25) is 5.91 Å².